The fourth-order valence-electron chi connectivity index (χ4n) is 1.88. The maximum absolute atomic E-state index is 5.35. The van der Waals surface area contributed by atoms with Crippen LogP contribution in [0, 0.1) is 0 Å². The summed E-state index contributed by atoms with van der Waals surface area (Å²) in [5, 5.41) is 0. The molecule has 80 valence electrons. The van der Waals surface area contributed by atoms with Gasteiger partial charge in [-0.15, -0.1) is 0 Å². The molecule has 1 aromatic carbocycles. The molecule has 0 unspecified atom stereocenters. The normalized spacial score (nSPS) is 14.2. The van der Waals surface area contributed by atoms with Crippen molar-refractivity contribution in [3.8, 4) is 11.3 Å². The second kappa shape index (κ2) is 5.69. The summed E-state index contributed by atoms with van der Waals surface area (Å²) in [6, 6.07) is 12.2. The first kappa shape index (κ1) is 12.7. The standard InChI is InChI=1S/C14H12O2.Na/c1-2-14(16-8-1)12-5-3-11(4-6-12)13-7-9-15-10-13;/h1-8H,9-10H2;/q;+1. The molecule has 0 amide bonds. The zero-order valence-electron chi connectivity index (χ0n) is 9.85. The minimum atomic E-state index is 0. The SMILES string of the molecule is C1=C(c2ccc(-c3ccco3)cc2)COC1.[Na+]. The molecule has 2 heterocycles. The Hall–Kier alpha value is -0.800. The molecule has 0 bridgehead atoms. The zero-order valence-corrected chi connectivity index (χ0v) is 11.8. The van der Waals surface area contributed by atoms with Crippen LogP contribution >= 0.6 is 0 Å². The molecule has 17 heavy (non-hydrogen) atoms. The molecule has 1 aromatic heterocycles. The molecule has 0 saturated carbocycles. The molecule has 0 N–H and O–H groups in total. The van der Waals surface area contributed by atoms with Gasteiger partial charge in [-0.25, -0.2) is 0 Å². The van der Waals surface area contributed by atoms with E-state index in [-0.39, 0.29) is 29.6 Å². The van der Waals surface area contributed by atoms with Gasteiger partial charge in [0.25, 0.3) is 0 Å². The summed E-state index contributed by atoms with van der Waals surface area (Å²) in [6.07, 6.45) is 3.82. The van der Waals surface area contributed by atoms with E-state index in [0.29, 0.717) is 0 Å². The van der Waals surface area contributed by atoms with Crippen LogP contribution in [0.1, 0.15) is 5.56 Å². The number of rotatable bonds is 2. The molecule has 0 radical (unpaired) electrons. The van der Waals surface area contributed by atoms with Gasteiger partial charge in [0.05, 0.1) is 19.5 Å². The Morgan fingerprint density at radius 1 is 0.941 bits per heavy atom. The summed E-state index contributed by atoms with van der Waals surface area (Å²) in [6.45, 7) is 1.45. The first-order chi connectivity index (χ1) is 7.93. The summed E-state index contributed by atoms with van der Waals surface area (Å²) < 4.78 is 10.6. The van der Waals surface area contributed by atoms with Crippen molar-refractivity contribution in [2.45, 2.75) is 0 Å². The molecule has 0 saturated heterocycles. The molecule has 3 rings (SSSR count). The molecule has 1 aliphatic rings. The van der Waals surface area contributed by atoms with E-state index in [0.717, 1.165) is 24.5 Å². The minimum Gasteiger partial charge on any atom is -0.464 e. The maximum Gasteiger partial charge on any atom is 1.00 e. The third-order valence-electron chi connectivity index (χ3n) is 2.77. The van der Waals surface area contributed by atoms with Crippen molar-refractivity contribution in [2.24, 2.45) is 0 Å². The quantitative estimate of drug-likeness (QED) is 0.701. The second-order valence-corrected chi connectivity index (χ2v) is 3.80. The van der Waals surface area contributed by atoms with Gasteiger partial charge in [0.15, 0.2) is 0 Å². The van der Waals surface area contributed by atoms with Crippen molar-refractivity contribution < 1.29 is 38.7 Å². The third-order valence-corrected chi connectivity index (χ3v) is 2.77. The van der Waals surface area contributed by atoms with Crippen LogP contribution in [0.3, 0.4) is 0 Å². The summed E-state index contributed by atoms with van der Waals surface area (Å²) in [4.78, 5) is 0. The first-order valence-corrected chi connectivity index (χ1v) is 5.34. The topological polar surface area (TPSA) is 22.4 Å². The van der Waals surface area contributed by atoms with Crippen molar-refractivity contribution in [3.05, 3.63) is 54.3 Å². The summed E-state index contributed by atoms with van der Waals surface area (Å²) in [5.41, 5.74) is 3.60. The predicted molar refractivity (Wildman–Crippen MR) is 62.9 cm³/mol. The van der Waals surface area contributed by atoms with Crippen LogP contribution in [0.5, 0.6) is 0 Å². The summed E-state index contributed by atoms with van der Waals surface area (Å²) in [5.74, 6) is 0.906. The third kappa shape index (κ3) is 2.72. The Morgan fingerprint density at radius 2 is 1.71 bits per heavy atom. The Morgan fingerprint density at radius 3 is 2.29 bits per heavy atom. The molecule has 0 spiro atoms. The van der Waals surface area contributed by atoms with E-state index >= 15 is 0 Å². The number of furan rings is 1. The molecule has 2 aromatic rings. The Labute approximate surface area is 123 Å². The van der Waals surface area contributed by atoms with Gasteiger partial charge in [0.1, 0.15) is 5.76 Å². The van der Waals surface area contributed by atoms with E-state index in [1.807, 2.05) is 12.1 Å². The van der Waals surface area contributed by atoms with Gasteiger partial charge < -0.3 is 9.15 Å². The molecular weight excluding hydrogens is 223 g/mol. The van der Waals surface area contributed by atoms with Crippen LogP contribution in [-0.4, -0.2) is 13.2 Å². The van der Waals surface area contributed by atoms with Crippen LogP contribution in [0.25, 0.3) is 16.9 Å². The van der Waals surface area contributed by atoms with Crippen LogP contribution in [0.2, 0.25) is 0 Å². The van der Waals surface area contributed by atoms with E-state index in [1.165, 1.54) is 11.1 Å². The molecular formula is C14H12NaO2+. The van der Waals surface area contributed by atoms with Crippen molar-refractivity contribution in [3.63, 3.8) is 0 Å². The molecule has 0 aliphatic carbocycles. The van der Waals surface area contributed by atoms with E-state index < -0.39 is 0 Å². The average molecular weight is 235 g/mol. The van der Waals surface area contributed by atoms with Crippen molar-refractivity contribution in [2.75, 3.05) is 13.2 Å². The smallest absolute Gasteiger partial charge is 0.464 e. The van der Waals surface area contributed by atoms with Crippen LogP contribution in [0.15, 0.2) is 53.2 Å². The number of ether oxygens (including phenoxy) is 1. The average Bonchev–Trinajstić information content (AvgIpc) is 3.03. The largest absolute Gasteiger partial charge is 1.00 e. The van der Waals surface area contributed by atoms with Gasteiger partial charge in [0.2, 0.25) is 0 Å². The second-order valence-electron chi connectivity index (χ2n) is 3.80. The van der Waals surface area contributed by atoms with Gasteiger partial charge in [-0.3, -0.25) is 0 Å². The number of benzene rings is 1. The molecule has 2 nitrogen and oxygen atoms in total. The first-order valence-electron chi connectivity index (χ1n) is 5.34. The molecule has 1 aliphatic heterocycles. The molecule has 0 fully saturated rings. The van der Waals surface area contributed by atoms with Gasteiger partial charge in [-0.1, -0.05) is 30.3 Å². The number of hydrogen-bond acceptors (Lipinski definition) is 2. The van der Waals surface area contributed by atoms with Crippen molar-refractivity contribution in [1.29, 1.82) is 0 Å². The monoisotopic (exact) mass is 235 g/mol. The maximum atomic E-state index is 5.35. The van der Waals surface area contributed by atoms with Gasteiger partial charge in [-0.05, 0) is 23.3 Å². The molecule has 3 heteroatoms. The van der Waals surface area contributed by atoms with Gasteiger partial charge in [-0.2, -0.15) is 0 Å². The van der Waals surface area contributed by atoms with Gasteiger partial charge in [0, 0.05) is 5.56 Å². The van der Waals surface area contributed by atoms with E-state index in [1.54, 1.807) is 6.26 Å². The fourth-order valence-corrected chi connectivity index (χ4v) is 1.88. The zero-order chi connectivity index (χ0) is 10.8. The van der Waals surface area contributed by atoms with Crippen LogP contribution < -0.4 is 29.6 Å². The van der Waals surface area contributed by atoms with Gasteiger partial charge >= 0.3 is 29.6 Å². The Bertz CT molecular complexity index is 498. The van der Waals surface area contributed by atoms with E-state index in [9.17, 15) is 0 Å². The van der Waals surface area contributed by atoms with Crippen LogP contribution in [0.4, 0.5) is 0 Å². The Kier molecular flexibility index (Phi) is 4.24. The summed E-state index contributed by atoms with van der Waals surface area (Å²) >= 11 is 0. The van der Waals surface area contributed by atoms with E-state index in [2.05, 4.69) is 30.3 Å². The Balaban J connectivity index is 0.00000108. The van der Waals surface area contributed by atoms with E-state index in [4.69, 9.17) is 9.15 Å². The minimum absolute atomic E-state index is 0. The fraction of sp³-hybridized carbons (Fsp3) is 0.143. The van der Waals surface area contributed by atoms with Crippen molar-refractivity contribution >= 4 is 5.57 Å². The number of hydrogen-bond donors (Lipinski definition) is 0. The van der Waals surface area contributed by atoms with Crippen LogP contribution in [-0.2, 0) is 4.74 Å². The van der Waals surface area contributed by atoms with Crippen molar-refractivity contribution in [1.82, 2.24) is 0 Å². The molecule has 0 atom stereocenters. The summed E-state index contributed by atoms with van der Waals surface area (Å²) in [7, 11) is 0. The predicted octanol–water partition coefficient (Wildman–Crippen LogP) is 0.364.